The number of hydrogen-bond acceptors (Lipinski definition) is 7. The maximum Gasteiger partial charge on any atom is 0.237 e. The molecule has 7 nitrogen and oxygen atoms in total. The Morgan fingerprint density at radius 2 is 1.74 bits per heavy atom. The van der Waals surface area contributed by atoms with Gasteiger partial charge in [-0.15, -0.1) is 0 Å². The molecule has 0 bridgehead atoms. The van der Waals surface area contributed by atoms with Gasteiger partial charge in [-0.3, -0.25) is 0 Å². The second-order valence-corrected chi connectivity index (χ2v) is 8.25. The summed E-state index contributed by atoms with van der Waals surface area (Å²) in [4.78, 5) is 17.2. The molecule has 0 aliphatic carbocycles. The van der Waals surface area contributed by atoms with Gasteiger partial charge in [-0.2, -0.15) is 0 Å². The van der Waals surface area contributed by atoms with Gasteiger partial charge in [0.15, 0.2) is 0 Å². The maximum atomic E-state index is 6.17. The summed E-state index contributed by atoms with van der Waals surface area (Å²) in [6.45, 7) is 14.0. The molecule has 2 aromatic rings. The number of rotatable bonds is 9. The SMILES string of the molecule is CCc1nc(OC(CC)CC)c(CN)nc1-c1ccc(C(C)C)nc1N1CCOCC1. The standard InChI is InChI=1S/C24H37N5O2/c1-6-17(7-2)31-24-21(15-25)26-22(19(8-3)28-24)18-9-10-20(16(4)5)27-23(18)29-11-13-30-14-12-29/h9-10,16-17H,6-8,11-15,25H2,1-5H3. The molecule has 1 aliphatic rings. The number of aryl methyl sites for hydroxylation is 1. The lowest BCUT2D eigenvalue weighted by Gasteiger charge is -2.30. The van der Waals surface area contributed by atoms with Crippen molar-refractivity contribution in [1.82, 2.24) is 15.0 Å². The second-order valence-electron chi connectivity index (χ2n) is 8.25. The van der Waals surface area contributed by atoms with Gasteiger partial charge in [0.2, 0.25) is 5.88 Å². The Hall–Kier alpha value is -2.25. The van der Waals surface area contributed by atoms with E-state index >= 15 is 0 Å². The molecule has 31 heavy (non-hydrogen) atoms. The lowest BCUT2D eigenvalue weighted by atomic mass is 10.0. The number of anilines is 1. The van der Waals surface area contributed by atoms with Crippen LogP contribution in [-0.4, -0.2) is 47.4 Å². The minimum absolute atomic E-state index is 0.117. The van der Waals surface area contributed by atoms with Crippen molar-refractivity contribution in [2.45, 2.75) is 72.4 Å². The van der Waals surface area contributed by atoms with Gasteiger partial charge in [-0.05, 0) is 37.3 Å². The van der Waals surface area contributed by atoms with Crippen molar-refractivity contribution in [2.24, 2.45) is 5.73 Å². The van der Waals surface area contributed by atoms with Crippen molar-refractivity contribution >= 4 is 5.82 Å². The summed E-state index contributed by atoms with van der Waals surface area (Å²) in [5.41, 5.74) is 10.6. The van der Waals surface area contributed by atoms with Crippen LogP contribution in [-0.2, 0) is 17.7 Å². The highest BCUT2D eigenvalue weighted by Gasteiger charge is 2.23. The van der Waals surface area contributed by atoms with E-state index in [4.69, 9.17) is 30.2 Å². The van der Waals surface area contributed by atoms with Crippen molar-refractivity contribution in [3.8, 4) is 17.1 Å². The van der Waals surface area contributed by atoms with Gasteiger partial charge in [-0.1, -0.05) is 34.6 Å². The highest BCUT2D eigenvalue weighted by molar-refractivity contribution is 5.75. The van der Waals surface area contributed by atoms with Gasteiger partial charge >= 0.3 is 0 Å². The van der Waals surface area contributed by atoms with Crippen LogP contribution in [0.15, 0.2) is 12.1 Å². The summed E-state index contributed by atoms with van der Waals surface area (Å²) < 4.78 is 11.7. The van der Waals surface area contributed by atoms with Crippen molar-refractivity contribution in [3.05, 3.63) is 29.2 Å². The Kier molecular flexibility index (Phi) is 8.21. The van der Waals surface area contributed by atoms with Crippen LogP contribution < -0.4 is 15.4 Å². The Balaban J connectivity index is 2.12. The molecule has 0 aromatic carbocycles. The molecule has 0 spiro atoms. The van der Waals surface area contributed by atoms with Gasteiger partial charge < -0.3 is 20.1 Å². The smallest absolute Gasteiger partial charge is 0.237 e. The van der Waals surface area contributed by atoms with Crippen molar-refractivity contribution in [2.75, 3.05) is 31.2 Å². The molecule has 2 N–H and O–H groups in total. The van der Waals surface area contributed by atoms with E-state index in [0.717, 1.165) is 60.8 Å². The molecule has 0 radical (unpaired) electrons. The summed E-state index contributed by atoms with van der Waals surface area (Å²) in [5.74, 6) is 1.87. The topological polar surface area (TPSA) is 86.4 Å². The van der Waals surface area contributed by atoms with E-state index in [2.05, 4.69) is 51.7 Å². The largest absolute Gasteiger partial charge is 0.473 e. The normalized spacial score (nSPS) is 14.5. The van der Waals surface area contributed by atoms with E-state index in [0.29, 0.717) is 30.7 Å². The van der Waals surface area contributed by atoms with Gasteiger partial charge in [0, 0.05) is 30.9 Å². The Bertz CT molecular complexity index is 861. The summed E-state index contributed by atoms with van der Waals surface area (Å²) in [5, 5.41) is 0. The number of nitrogens with zero attached hydrogens (tertiary/aromatic N) is 4. The molecule has 1 aliphatic heterocycles. The van der Waals surface area contributed by atoms with Crippen LogP contribution in [0.25, 0.3) is 11.3 Å². The van der Waals surface area contributed by atoms with E-state index in [9.17, 15) is 0 Å². The average Bonchev–Trinajstić information content (AvgIpc) is 2.82. The van der Waals surface area contributed by atoms with Gasteiger partial charge in [-0.25, -0.2) is 15.0 Å². The molecule has 0 amide bonds. The quantitative estimate of drug-likeness (QED) is 0.645. The van der Waals surface area contributed by atoms with Crippen LogP contribution in [0.1, 0.15) is 70.5 Å². The molecule has 3 heterocycles. The number of aromatic nitrogens is 3. The van der Waals surface area contributed by atoms with Crippen LogP contribution in [0.2, 0.25) is 0 Å². The Labute approximate surface area is 186 Å². The number of pyridine rings is 1. The summed E-state index contributed by atoms with van der Waals surface area (Å²) in [6.07, 6.45) is 2.72. The van der Waals surface area contributed by atoms with E-state index in [1.807, 2.05) is 0 Å². The lowest BCUT2D eigenvalue weighted by molar-refractivity contribution is 0.122. The Morgan fingerprint density at radius 1 is 1.03 bits per heavy atom. The third-order valence-corrected chi connectivity index (χ3v) is 5.77. The predicted octanol–water partition coefficient (Wildman–Crippen LogP) is 4.09. The van der Waals surface area contributed by atoms with Gasteiger partial charge in [0.1, 0.15) is 11.5 Å². The van der Waals surface area contributed by atoms with Crippen LogP contribution >= 0.6 is 0 Å². The van der Waals surface area contributed by atoms with Crippen LogP contribution in [0.5, 0.6) is 5.88 Å². The zero-order valence-corrected chi connectivity index (χ0v) is 19.6. The van der Waals surface area contributed by atoms with E-state index in [1.54, 1.807) is 0 Å². The predicted molar refractivity (Wildman–Crippen MR) is 125 cm³/mol. The van der Waals surface area contributed by atoms with Gasteiger partial charge in [0.05, 0.1) is 30.7 Å². The number of hydrogen-bond donors (Lipinski definition) is 1. The molecule has 3 rings (SSSR count). The monoisotopic (exact) mass is 427 g/mol. The highest BCUT2D eigenvalue weighted by Crippen LogP contribution is 2.34. The number of ether oxygens (including phenoxy) is 2. The first kappa shape index (κ1) is 23.4. The summed E-state index contributed by atoms with van der Waals surface area (Å²) in [7, 11) is 0. The molecule has 2 aromatic heterocycles. The molecule has 1 saturated heterocycles. The molecule has 0 atom stereocenters. The highest BCUT2D eigenvalue weighted by atomic mass is 16.5. The van der Waals surface area contributed by atoms with E-state index in [1.165, 1.54) is 0 Å². The molecule has 0 unspecified atom stereocenters. The van der Waals surface area contributed by atoms with Crippen molar-refractivity contribution < 1.29 is 9.47 Å². The number of nitrogens with two attached hydrogens (primary N) is 1. The molecule has 0 saturated carbocycles. The van der Waals surface area contributed by atoms with E-state index in [-0.39, 0.29) is 12.6 Å². The fraction of sp³-hybridized carbons (Fsp3) is 0.625. The molecular formula is C24H37N5O2. The fourth-order valence-electron chi connectivity index (χ4n) is 3.78. The first-order valence-corrected chi connectivity index (χ1v) is 11.6. The molecule has 170 valence electrons. The third-order valence-electron chi connectivity index (χ3n) is 5.77. The zero-order chi connectivity index (χ0) is 22.4. The third kappa shape index (κ3) is 5.33. The average molecular weight is 428 g/mol. The summed E-state index contributed by atoms with van der Waals surface area (Å²) in [6, 6.07) is 4.24. The molecule has 7 heteroatoms. The van der Waals surface area contributed by atoms with Crippen LogP contribution in [0.4, 0.5) is 5.82 Å². The first-order chi connectivity index (χ1) is 15.0. The fourth-order valence-corrected chi connectivity index (χ4v) is 3.78. The lowest BCUT2D eigenvalue weighted by Crippen LogP contribution is -2.37. The van der Waals surface area contributed by atoms with Gasteiger partial charge in [0.25, 0.3) is 0 Å². The van der Waals surface area contributed by atoms with Crippen LogP contribution in [0, 0.1) is 0 Å². The minimum Gasteiger partial charge on any atom is -0.473 e. The Morgan fingerprint density at radius 3 is 2.32 bits per heavy atom. The van der Waals surface area contributed by atoms with Crippen LogP contribution in [0.3, 0.4) is 0 Å². The van der Waals surface area contributed by atoms with Crippen molar-refractivity contribution in [1.29, 1.82) is 0 Å². The molecular weight excluding hydrogens is 390 g/mol. The maximum absolute atomic E-state index is 6.17. The van der Waals surface area contributed by atoms with Crippen molar-refractivity contribution in [3.63, 3.8) is 0 Å². The first-order valence-electron chi connectivity index (χ1n) is 11.6. The zero-order valence-electron chi connectivity index (χ0n) is 19.6. The second kappa shape index (κ2) is 10.9. The summed E-state index contributed by atoms with van der Waals surface area (Å²) >= 11 is 0. The molecule has 1 fully saturated rings. The van der Waals surface area contributed by atoms with E-state index < -0.39 is 0 Å². The minimum atomic E-state index is 0.117. The number of morpholine rings is 1.